The predicted molar refractivity (Wildman–Crippen MR) is 111 cm³/mol. The molecule has 4 rings (SSSR count). The van der Waals surface area contributed by atoms with Gasteiger partial charge in [0.05, 0.1) is 5.56 Å². The third-order valence-corrected chi connectivity index (χ3v) is 4.68. The fourth-order valence-electron chi connectivity index (χ4n) is 3.07. The Balaban J connectivity index is 1.66. The first-order chi connectivity index (χ1) is 15.3. The number of benzene rings is 3. The summed E-state index contributed by atoms with van der Waals surface area (Å²) >= 11 is 0. The summed E-state index contributed by atoms with van der Waals surface area (Å²) in [5.41, 5.74) is 0.0991. The van der Waals surface area contributed by atoms with Gasteiger partial charge in [0.25, 0.3) is 5.91 Å². The highest BCUT2D eigenvalue weighted by Crippen LogP contribution is 2.31. The Bertz CT molecular complexity index is 1210. The summed E-state index contributed by atoms with van der Waals surface area (Å²) < 4.78 is 49.5. The van der Waals surface area contributed by atoms with E-state index in [1.165, 1.54) is 6.07 Å². The number of ether oxygens (including phenoxy) is 1. The lowest BCUT2D eigenvalue weighted by Crippen LogP contribution is -2.37. The van der Waals surface area contributed by atoms with Gasteiger partial charge in [0, 0.05) is 17.0 Å². The minimum absolute atomic E-state index is 0.101. The molecule has 1 heterocycles. The molecular weight excluding hydrogens is 423 g/mol. The minimum Gasteiger partial charge on any atom is -0.444 e. The number of hydrogen-bond donors (Lipinski definition) is 0. The van der Waals surface area contributed by atoms with E-state index in [0.29, 0.717) is 21.4 Å². The third kappa shape index (κ3) is 4.49. The molecule has 8 heteroatoms. The number of alkyl halides is 3. The van der Waals surface area contributed by atoms with E-state index in [1.54, 1.807) is 54.6 Å². The van der Waals surface area contributed by atoms with Gasteiger partial charge in [-0.05, 0) is 35.9 Å². The number of fused-ring (bicyclic) bond motifs is 1. The fraction of sp³-hybridized carbons (Fsp3) is 0.0833. The molecule has 4 aromatic rings. The van der Waals surface area contributed by atoms with Gasteiger partial charge in [-0.2, -0.15) is 18.1 Å². The number of hydrogen-bond acceptors (Lipinski definition) is 4. The largest absolute Gasteiger partial charge is 0.444 e. The van der Waals surface area contributed by atoms with Crippen LogP contribution in [0.3, 0.4) is 0 Å². The SMILES string of the molecule is O=C(OCc1ccccc1)N(C(=O)c1ccc(C(F)(F)F)cc1)c1cc2ccccc2o1. The Hall–Kier alpha value is -4.07. The fourth-order valence-corrected chi connectivity index (χ4v) is 3.07. The number of para-hydroxylation sites is 1. The highest BCUT2D eigenvalue weighted by atomic mass is 19.4. The number of amides is 2. The summed E-state index contributed by atoms with van der Waals surface area (Å²) in [6.07, 6.45) is -5.56. The number of furan rings is 1. The Labute approximate surface area is 180 Å². The maximum atomic E-state index is 13.1. The van der Waals surface area contributed by atoms with Crippen molar-refractivity contribution in [2.75, 3.05) is 4.90 Å². The topological polar surface area (TPSA) is 59.8 Å². The van der Waals surface area contributed by atoms with Crippen LogP contribution in [-0.4, -0.2) is 12.0 Å². The number of imide groups is 1. The van der Waals surface area contributed by atoms with Crippen molar-refractivity contribution in [3.63, 3.8) is 0 Å². The van der Waals surface area contributed by atoms with Crippen molar-refractivity contribution in [3.05, 3.63) is 102 Å². The molecule has 0 atom stereocenters. The Morgan fingerprint density at radius 2 is 1.53 bits per heavy atom. The lowest BCUT2D eigenvalue weighted by atomic mass is 10.1. The van der Waals surface area contributed by atoms with E-state index < -0.39 is 23.7 Å². The van der Waals surface area contributed by atoms with Gasteiger partial charge in [-0.15, -0.1) is 0 Å². The molecule has 5 nitrogen and oxygen atoms in total. The molecule has 3 aromatic carbocycles. The molecule has 1 aromatic heterocycles. The molecular formula is C24H16F3NO4. The number of nitrogens with zero attached hydrogens (tertiary/aromatic N) is 1. The predicted octanol–water partition coefficient (Wildman–Crippen LogP) is 6.44. The van der Waals surface area contributed by atoms with Crippen LogP contribution in [0.1, 0.15) is 21.5 Å². The number of anilines is 1. The summed E-state index contributed by atoms with van der Waals surface area (Å²) in [4.78, 5) is 26.7. The lowest BCUT2D eigenvalue weighted by Gasteiger charge is -2.18. The van der Waals surface area contributed by atoms with Gasteiger partial charge in [-0.25, -0.2) is 4.79 Å². The van der Waals surface area contributed by atoms with Crippen LogP contribution in [-0.2, 0) is 17.5 Å². The second-order valence-electron chi connectivity index (χ2n) is 6.88. The normalized spacial score (nSPS) is 11.3. The minimum atomic E-state index is -4.55. The van der Waals surface area contributed by atoms with E-state index in [0.717, 1.165) is 24.3 Å². The van der Waals surface area contributed by atoms with Gasteiger partial charge in [0.1, 0.15) is 12.2 Å². The number of rotatable bonds is 4. The maximum absolute atomic E-state index is 13.1. The van der Waals surface area contributed by atoms with Gasteiger partial charge in [0.2, 0.25) is 5.88 Å². The molecule has 162 valence electrons. The van der Waals surface area contributed by atoms with Crippen LogP contribution in [0.2, 0.25) is 0 Å². The van der Waals surface area contributed by atoms with Gasteiger partial charge in [0.15, 0.2) is 0 Å². The summed E-state index contributed by atoms with van der Waals surface area (Å²) in [6, 6.07) is 20.8. The van der Waals surface area contributed by atoms with Gasteiger partial charge < -0.3 is 9.15 Å². The van der Waals surface area contributed by atoms with Gasteiger partial charge in [-0.1, -0.05) is 48.5 Å². The molecule has 0 bridgehead atoms. The second kappa shape index (κ2) is 8.58. The molecule has 0 unspecified atom stereocenters. The molecule has 2 amide bonds. The Morgan fingerprint density at radius 3 is 2.19 bits per heavy atom. The van der Waals surface area contributed by atoms with Crippen molar-refractivity contribution in [1.29, 1.82) is 0 Å². The van der Waals surface area contributed by atoms with E-state index in [-0.39, 0.29) is 18.1 Å². The standard InChI is InChI=1S/C24H16F3NO4/c25-24(26,27)19-12-10-17(11-13-19)22(29)28(21-14-18-8-4-5-9-20(18)32-21)23(30)31-15-16-6-2-1-3-7-16/h1-14H,15H2. The Morgan fingerprint density at radius 1 is 0.875 bits per heavy atom. The average Bonchev–Trinajstić information content (AvgIpc) is 3.21. The van der Waals surface area contributed by atoms with Crippen molar-refractivity contribution in [3.8, 4) is 0 Å². The zero-order chi connectivity index (χ0) is 22.7. The second-order valence-corrected chi connectivity index (χ2v) is 6.88. The molecule has 0 spiro atoms. The van der Waals surface area contributed by atoms with Crippen LogP contribution in [0, 0.1) is 0 Å². The zero-order valence-corrected chi connectivity index (χ0v) is 16.5. The smallest absolute Gasteiger partial charge is 0.424 e. The van der Waals surface area contributed by atoms with Gasteiger partial charge >= 0.3 is 12.3 Å². The van der Waals surface area contributed by atoms with Crippen molar-refractivity contribution < 1.29 is 31.9 Å². The Kier molecular flexibility index (Phi) is 5.68. The molecule has 0 N–H and O–H groups in total. The van der Waals surface area contributed by atoms with Crippen LogP contribution < -0.4 is 4.90 Å². The van der Waals surface area contributed by atoms with Crippen molar-refractivity contribution >= 4 is 28.9 Å². The first-order valence-electron chi connectivity index (χ1n) is 9.54. The van der Waals surface area contributed by atoms with Crippen molar-refractivity contribution in [2.45, 2.75) is 12.8 Å². The summed E-state index contributed by atoms with van der Waals surface area (Å²) in [6.45, 7) is -0.101. The summed E-state index contributed by atoms with van der Waals surface area (Å²) in [5.74, 6) is -0.981. The molecule has 0 saturated heterocycles. The molecule has 0 aliphatic heterocycles. The molecule has 0 saturated carbocycles. The lowest BCUT2D eigenvalue weighted by molar-refractivity contribution is -0.137. The highest BCUT2D eigenvalue weighted by Gasteiger charge is 2.32. The zero-order valence-electron chi connectivity index (χ0n) is 16.5. The van der Waals surface area contributed by atoms with E-state index >= 15 is 0 Å². The van der Waals surface area contributed by atoms with E-state index in [2.05, 4.69) is 0 Å². The van der Waals surface area contributed by atoms with Crippen molar-refractivity contribution in [2.24, 2.45) is 0 Å². The van der Waals surface area contributed by atoms with E-state index in [1.807, 2.05) is 0 Å². The number of carbonyl (C=O) groups is 2. The van der Waals surface area contributed by atoms with Crippen molar-refractivity contribution in [1.82, 2.24) is 0 Å². The van der Waals surface area contributed by atoms with Crippen LogP contribution in [0.25, 0.3) is 11.0 Å². The maximum Gasteiger partial charge on any atom is 0.424 e. The molecule has 0 fully saturated rings. The van der Waals surface area contributed by atoms with E-state index in [4.69, 9.17) is 9.15 Å². The monoisotopic (exact) mass is 439 g/mol. The molecule has 0 aliphatic carbocycles. The van der Waals surface area contributed by atoms with E-state index in [9.17, 15) is 22.8 Å². The highest BCUT2D eigenvalue weighted by molar-refractivity contribution is 6.19. The first kappa shape index (κ1) is 21.2. The quantitative estimate of drug-likeness (QED) is 0.367. The third-order valence-electron chi connectivity index (χ3n) is 4.68. The number of halogens is 3. The summed E-state index contributed by atoms with van der Waals surface area (Å²) in [7, 11) is 0. The van der Waals surface area contributed by atoms with Gasteiger partial charge in [-0.3, -0.25) is 4.79 Å². The van der Waals surface area contributed by atoms with Crippen LogP contribution in [0.4, 0.5) is 23.8 Å². The van der Waals surface area contributed by atoms with Crippen LogP contribution >= 0.6 is 0 Å². The average molecular weight is 439 g/mol. The molecule has 0 aliphatic rings. The molecule has 32 heavy (non-hydrogen) atoms. The first-order valence-corrected chi connectivity index (χ1v) is 9.54. The number of carbonyl (C=O) groups excluding carboxylic acids is 2. The molecule has 0 radical (unpaired) electrons. The summed E-state index contributed by atoms with van der Waals surface area (Å²) in [5, 5.41) is 0.642. The van der Waals surface area contributed by atoms with Crippen LogP contribution in [0.5, 0.6) is 0 Å². The van der Waals surface area contributed by atoms with Crippen LogP contribution in [0.15, 0.2) is 89.3 Å².